The molecule has 0 N–H and O–H groups in total. The molecule has 1 rings (SSSR count). The van der Waals surface area contributed by atoms with E-state index < -0.39 is 5.97 Å². The molecule has 0 aromatic heterocycles. The van der Waals surface area contributed by atoms with Crippen LogP contribution in [0.4, 0.5) is 0 Å². The van der Waals surface area contributed by atoms with E-state index in [1.165, 1.54) is 13.2 Å². The molecule has 5 nitrogen and oxygen atoms in total. The molecule has 0 spiro atoms. The average molecular weight is 249 g/mol. The predicted octanol–water partition coefficient (Wildman–Crippen LogP) is 2.89. The van der Waals surface area contributed by atoms with Gasteiger partial charge in [0.1, 0.15) is 0 Å². The standard InChI is InChI=1S/C13H15NO4/c1-3-4-12(14(16)17)9-10-5-7-11(8-6-10)13(15)18-2/h5-9H,3-4H2,1-2H3/b12-9+. The third-order valence-electron chi connectivity index (χ3n) is 2.41. The molecular formula is C13H15NO4. The van der Waals surface area contributed by atoms with Gasteiger partial charge >= 0.3 is 5.97 Å². The zero-order valence-corrected chi connectivity index (χ0v) is 10.4. The molecule has 0 atom stereocenters. The van der Waals surface area contributed by atoms with E-state index in [0.29, 0.717) is 24.0 Å². The van der Waals surface area contributed by atoms with Crippen molar-refractivity contribution in [1.29, 1.82) is 0 Å². The number of hydrogen-bond donors (Lipinski definition) is 0. The van der Waals surface area contributed by atoms with Crippen LogP contribution in [0.2, 0.25) is 0 Å². The highest BCUT2D eigenvalue weighted by Crippen LogP contribution is 2.13. The van der Waals surface area contributed by atoms with Gasteiger partial charge in [0.05, 0.1) is 17.6 Å². The summed E-state index contributed by atoms with van der Waals surface area (Å²) in [7, 11) is 1.31. The Bertz CT molecular complexity index is 462. The second kappa shape index (κ2) is 6.54. The van der Waals surface area contributed by atoms with Crippen LogP contribution in [0.25, 0.3) is 6.08 Å². The Morgan fingerprint density at radius 2 is 2.00 bits per heavy atom. The van der Waals surface area contributed by atoms with Crippen molar-refractivity contribution in [2.45, 2.75) is 19.8 Å². The first kappa shape index (κ1) is 13.9. The maximum absolute atomic E-state index is 11.2. The molecule has 0 aliphatic carbocycles. The van der Waals surface area contributed by atoms with Gasteiger partial charge in [0.2, 0.25) is 5.70 Å². The van der Waals surface area contributed by atoms with Crippen LogP contribution in [-0.4, -0.2) is 18.0 Å². The van der Waals surface area contributed by atoms with E-state index in [0.717, 1.165) is 0 Å². The van der Waals surface area contributed by atoms with Crippen LogP contribution in [0.1, 0.15) is 35.7 Å². The maximum Gasteiger partial charge on any atom is 0.337 e. The highest BCUT2D eigenvalue weighted by molar-refractivity contribution is 5.89. The fourth-order valence-electron chi connectivity index (χ4n) is 1.50. The summed E-state index contributed by atoms with van der Waals surface area (Å²) in [5, 5.41) is 10.8. The number of allylic oxidation sites excluding steroid dienone is 1. The zero-order valence-electron chi connectivity index (χ0n) is 10.4. The van der Waals surface area contributed by atoms with Crippen molar-refractivity contribution in [3.8, 4) is 0 Å². The van der Waals surface area contributed by atoms with Gasteiger partial charge in [-0.25, -0.2) is 4.79 Å². The van der Waals surface area contributed by atoms with Crippen LogP contribution < -0.4 is 0 Å². The molecule has 0 heterocycles. The number of nitro groups is 1. The number of methoxy groups -OCH3 is 1. The molecular weight excluding hydrogens is 234 g/mol. The van der Waals surface area contributed by atoms with Crippen molar-refractivity contribution in [2.75, 3.05) is 7.11 Å². The molecule has 1 aromatic rings. The van der Waals surface area contributed by atoms with Gasteiger partial charge in [0, 0.05) is 12.5 Å². The monoisotopic (exact) mass is 249 g/mol. The summed E-state index contributed by atoms with van der Waals surface area (Å²) in [6.07, 6.45) is 2.66. The molecule has 5 heteroatoms. The highest BCUT2D eigenvalue weighted by atomic mass is 16.6. The Balaban J connectivity index is 2.94. The first-order chi connectivity index (χ1) is 8.58. The van der Waals surface area contributed by atoms with E-state index >= 15 is 0 Å². The summed E-state index contributed by atoms with van der Waals surface area (Å²) in [4.78, 5) is 21.6. The molecule has 0 saturated carbocycles. The number of benzene rings is 1. The van der Waals surface area contributed by atoms with Gasteiger partial charge in [0.15, 0.2) is 0 Å². The Hall–Kier alpha value is -2.17. The number of ether oxygens (including phenoxy) is 1. The number of nitrogens with zero attached hydrogens (tertiary/aromatic N) is 1. The van der Waals surface area contributed by atoms with E-state index in [-0.39, 0.29) is 10.6 Å². The largest absolute Gasteiger partial charge is 0.465 e. The Morgan fingerprint density at radius 1 is 1.39 bits per heavy atom. The van der Waals surface area contributed by atoms with Gasteiger partial charge in [0.25, 0.3) is 0 Å². The fraction of sp³-hybridized carbons (Fsp3) is 0.308. The second-order valence-corrected chi connectivity index (χ2v) is 3.76. The van der Waals surface area contributed by atoms with Crippen LogP contribution >= 0.6 is 0 Å². The Labute approximate surface area is 105 Å². The van der Waals surface area contributed by atoms with E-state index in [2.05, 4.69) is 4.74 Å². The van der Waals surface area contributed by atoms with Gasteiger partial charge in [-0.1, -0.05) is 19.1 Å². The average Bonchev–Trinajstić information content (AvgIpc) is 2.38. The van der Waals surface area contributed by atoms with Crippen LogP contribution in [0, 0.1) is 10.1 Å². The summed E-state index contributed by atoms with van der Waals surface area (Å²) < 4.78 is 4.57. The zero-order chi connectivity index (χ0) is 13.5. The van der Waals surface area contributed by atoms with Crippen molar-refractivity contribution in [1.82, 2.24) is 0 Å². The molecule has 0 saturated heterocycles. The molecule has 0 radical (unpaired) electrons. The first-order valence-electron chi connectivity index (χ1n) is 5.61. The molecule has 0 aliphatic rings. The van der Waals surface area contributed by atoms with Crippen LogP contribution in [-0.2, 0) is 4.74 Å². The first-order valence-corrected chi connectivity index (χ1v) is 5.61. The summed E-state index contributed by atoms with van der Waals surface area (Å²) in [5.74, 6) is -0.423. The second-order valence-electron chi connectivity index (χ2n) is 3.76. The quantitative estimate of drug-likeness (QED) is 0.457. The van der Waals surface area contributed by atoms with Crippen LogP contribution in [0.15, 0.2) is 30.0 Å². The van der Waals surface area contributed by atoms with Crippen LogP contribution in [0.3, 0.4) is 0 Å². The summed E-state index contributed by atoms with van der Waals surface area (Å²) in [6, 6.07) is 6.49. The minimum atomic E-state index is -0.423. The van der Waals surface area contributed by atoms with E-state index in [1.807, 2.05) is 6.92 Å². The molecule has 0 bridgehead atoms. The lowest BCUT2D eigenvalue weighted by molar-refractivity contribution is -0.426. The number of hydrogen-bond acceptors (Lipinski definition) is 4. The van der Waals surface area contributed by atoms with Crippen molar-refractivity contribution in [3.05, 3.63) is 51.2 Å². The smallest absolute Gasteiger partial charge is 0.337 e. The summed E-state index contributed by atoms with van der Waals surface area (Å²) >= 11 is 0. The molecule has 0 fully saturated rings. The molecule has 0 unspecified atom stereocenters. The Morgan fingerprint density at radius 3 is 2.44 bits per heavy atom. The van der Waals surface area contributed by atoms with Gasteiger partial charge in [-0.05, 0) is 24.1 Å². The van der Waals surface area contributed by atoms with Gasteiger partial charge < -0.3 is 4.74 Å². The lowest BCUT2D eigenvalue weighted by Gasteiger charge is -2.00. The van der Waals surface area contributed by atoms with E-state index in [9.17, 15) is 14.9 Å². The Kier molecular flexibility index (Phi) is 5.05. The number of carbonyl (C=O) groups excluding carboxylic acids is 1. The summed E-state index contributed by atoms with van der Waals surface area (Å²) in [5.41, 5.74) is 1.29. The van der Waals surface area contributed by atoms with E-state index in [1.54, 1.807) is 24.3 Å². The minimum Gasteiger partial charge on any atom is -0.465 e. The van der Waals surface area contributed by atoms with Crippen molar-refractivity contribution in [2.24, 2.45) is 0 Å². The highest BCUT2D eigenvalue weighted by Gasteiger charge is 2.09. The maximum atomic E-state index is 11.2. The van der Waals surface area contributed by atoms with Crippen molar-refractivity contribution < 1.29 is 14.5 Å². The third-order valence-corrected chi connectivity index (χ3v) is 2.41. The van der Waals surface area contributed by atoms with E-state index in [4.69, 9.17) is 0 Å². The number of carbonyl (C=O) groups is 1. The number of esters is 1. The molecule has 0 aliphatic heterocycles. The van der Waals surface area contributed by atoms with Gasteiger partial charge in [-0.3, -0.25) is 10.1 Å². The fourth-order valence-corrected chi connectivity index (χ4v) is 1.50. The van der Waals surface area contributed by atoms with Crippen molar-refractivity contribution >= 4 is 12.0 Å². The minimum absolute atomic E-state index is 0.170. The molecule has 96 valence electrons. The van der Waals surface area contributed by atoms with Gasteiger partial charge in [-0.2, -0.15) is 0 Å². The predicted molar refractivity (Wildman–Crippen MR) is 67.7 cm³/mol. The third kappa shape index (κ3) is 3.69. The lowest BCUT2D eigenvalue weighted by Crippen LogP contribution is -2.01. The molecule has 1 aromatic carbocycles. The molecule has 0 amide bonds. The molecule has 18 heavy (non-hydrogen) atoms. The summed E-state index contributed by atoms with van der Waals surface area (Å²) in [6.45, 7) is 1.89. The lowest BCUT2D eigenvalue weighted by atomic mass is 10.1. The van der Waals surface area contributed by atoms with Crippen molar-refractivity contribution in [3.63, 3.8) is 0 Å². The number of rotatable bonds is 5. The SMILES string of the molecule is CCC/C(=C\c1ccc(C(=O)OC)cc1)[N+](=O)[O-]. The normalized spacial score (nSPS) is 11.1. The topological polar surface area (TPSA) is 69.4 Å². The van der Waals surface area contributed by atoms with Gasteiger partial charge in [-0.15, -0.1) is 0 Å². The van der Waals surface area contributed by atoms with Crippen LogP contribution in [0.5, 0.6) is 0 Å².